The number of carbonyl (C=O) groups excluding carboxylic acids is 2. The van der Waals surface area contributed by atoms with Crippen LogP contribution < -0.4 is 19.5 Å². The predicted molar refractivity (Wildman–Crippen MR) is 173 cm³/mol. The average molecular weight is 618 g/mol. The molecule has 1 amide bonds. The summed E-state index contributed by atoms with van der Waals surface area (Å²) in [6.07, 6.45) is 28.7. The molecule has 2 aliphatic heterocycles. The van der Waals surface area contributed by atoms with Gasteiger partial charge in [0.25, 0.3) is 5.91 Å². The highest BCUT2D eigenvalue weighted by Gasteiger charge is 2.45. The first-order chi connectivity index (χ1) is 21.9. The SMILES string of the molecule is CC/C=C\C/C=C\C/C=C\C/C=C\C/C=C\C/C=C\CCC(=O)Oc1c2c(cc3c1C(=O)N[C@@H]1C3=C[C@H](O)C(O)C1O)OCO2. The van der Waals surface area contributed by atoms with E-state index < -0.39 is 36.2 Å². The van der Waals surface area contributed by atoms with Gasteiger partial charge in [0.05, 0.1) is 11.6 Å². The zero-order chi connectivity index (χ0) is 32.0. The monoisotopic (exact) mass is 617 g/mol. The highest BCUT2D eigenvalue weighted by Crippen LogP contribution is 2.49. The van der Waals surface area contributed by atoms with Gasteiger partial charge in [0.2, 0.25) is 12.5 Å². The van der Waals surface area contributed by atoms with E-state index in [2.05, 4.69) is 73.0 Å². The number of fused-ring (bicyclic) bond motifs is 4. The summed E-state index contributed by atoms with van der Waals surface area (Å²) in [5, 5.41) is 33.4. The Morgan fingerprint density at radius 1 is 0.867 bits per heavy atom. The third kappa shape index (κ3) is 9.17. The van der Waals surface area contributed by atoms with Crippen LogP contribution in [0.4, 0.5) is 0 Å². The lowest BCUT2D eigenvalue weighted by Gasteiger charge is -2.39. The van der Waals surface area contributed by atoms with Gasteiger partial charge < -0.3 is 34.8 Å². The van der Waals surface area contributed by atoms with Crippen LogP contribution in [-0.4, -0.2) is 58.3 Å². The zero-order valence-electron chi connectivity index (χ0n) is 25.6. The molecule has 45 heavy (non-hydrogen) atoms. The number of ether oxygens (including phenoxy) is 3. The number of hydrogen-bond acceptors (Lipinski definition) is 8. The Hall–Kier alpha value is -4.18. The van der Waals surface area contributed by atoms with Crippen molar-refractivity contribution in [1.82, 2.24) is 5.32 Å². The van der Waals surface area contributed by atoms with Crippen molar-refractivity contribution in [2.75, 3.05) is 6.79 Å². The number of carbonyl (C=O) groups is 2. The Morgan fingerprint density at radius 3 is 2.04 bits per heavy atom. The van der Waals surface area contributed by atoms with E-state index in [1.807, 2.05) is 12.2 Å². The normalized spacial score (nSPS) is 22.7. The van der Waals surface area contributed by atoms with Crippen molar-refractivity contribution in [2.45, 2.75) is 82.6 Å². The third-order valence-corrected chi connectivity index (χ3v) is 7.50. The Bertz CT molecular complexity index is 1400. The largest absolute Gasteiger partial charge is 0.453 e. The highest BCUT2D eigenvalue weighted by atomic mass is 16.7. The van der Waals surface area contributed by atoms with Crippen molar-refractivity contribution in [2.24, 2.45) is 0 Å². The molecule has 240 valence electrons. The second-order valence-corrected chi connectivity index (χ2v) is 10.8. The molecule has 0 aromatic heterocycles. The van der Waals surface area contributed by atoms with Gasteiger partial charge >= 0.3 is 5.97 Å². The predicted octanol–water partition coefficient (Wildman–Crippen LogP) is 5.39. The fourth-order valence-electron chi connectivity index (χ4n) is 5.17. The minimum atomic E-state index is -1.46. The lowest BCUT2D eigenvalue weighted by molar-refractivity contribution is -0.134. The van der Waals surface area contributed by atoms with Crippen LogP contribution in [-0.2, 0) is 4.79 Å². The van der Waals surface area contributed by atoms with Crippen LogP contribution in [0.2, 0.25) is 0 Å². The molecule has 1 aliphatic carbocycles. The molecule has 1 aromatic carbocycles. The van der Waals surface area contributed by atoms with Crippen LogP contribution in [0, 0.1) is 0 Å². The summed E-state index contributed by atoms with van der Waals surface area (Å²) in [5.74, 6) is -0.809. The number of esters is 1. The van der Waals surface area contributed by atoms with Crippen molar-refractivity contribution in [3.63, 3.8) is 0 Å². The summed E-state index contributed by atoms with van der Waals surface area (Å²) in [6.45, 7) is 2.02. The first-order valence-electron chi connectivity index (χ1n) is 15.6. The molecular formula is C36H43NO8. The van der Waals surface area contributed by atoms with Crippen molar-refractivity contribution in [1.29, 1.82) is 0 Å². The molecule has 4 atom stereocenters. The summed E-state index contributed by atoms with van der Waals surface area (Å²) in [7, 11) is 0. The Kier molecular flexibility index (Phi) is 13.0. The molecule has 2 heterocycles. The molecule has 0 radical (unpaired) electrons. The van der Waals surface area contributed by atoms with Crippen LogP contribution in [0.25, 0.3) is 5.57 Å². The van der Waals surface area contributed by atoms with Gasteiger partial charge in [0.1, 0.15) is 18.3 Å². The maximum Gasteiger partial charge on any atom is 0.311 e. The van der Waals surface area contributed by atoms with Gasteiger partial charge in [-0.05, 0) is 62.7 Å². The minimum Gasteiger partial charge on any atom is -0.453 e. The highest BCUT2D eigenvalue weighted by molar-refractivity contribution is 6.08. The van der Waals surface area contributed by atoms with E-state index in [0.717, 1.165) is 38.5 Å². The Labute approximate surface area is 264 Å². The number of allylic oxidation sites excluding steroid dienone is 12. The number of benzene rings is 1. The molecule has 0 saturated heterocycles. The van der Waals surface area contributed by atoms with E-state index >= 15 is 0 Å². The summed E-state index contributed by atoms with van der Waals surface area (Å²) in [5.41, 5.74) is 0.765. The minimum absolute atomic E-state index is 0.0415. The lowest BCUT2D eigenvalue weighted by Crippen LogP contribution is -2.57. The topological polar surface area (TPSA) is 135 Å². The van der Waals surface area contributed by atoms with Crippen molar-refractivity contribution in [3.8, 4) is 17.2 Å². The van der Waals surface area contributed by atoms with Crippen molar-refractivity contribution >= 4 is 17.4 Å². The smallest absolute Gasteiger partial charge is 0.311 e. The maximum absolute atomic E-state index is 13.1. The fourth-order valence-corrected chi connectivity index (χ4v) is 5.17. The molecule has 9 nitrogen and oxygen atoms in total. The molecule has 4 N–H and O–H groups in total. The molecule has 2 unspecified atom stereocenters. The summed E-state index contributed by atoms with van der Waals surface area (Å²) in [6, 6.07) is 0.612. The Morgan fingerprint density at radius 2 is 1.44 bits per heavy atom. The molecule has 0 saturated carbocycles. The van der Waals surface area contributed by atoms with Gasteiger partial charge in [0, 0.05) is 12.0 Å². The number of aliphatic hydroxyl groups is 3. The third-order valence-electron chi connectivity index (χ3n) is 7.50. The van der Waals surface area contributed by atoms with Crippen LogP contribution in [0.1, 0.15) is 74.2 Å². The maximum atomic E-state index is 13.1. The molecule has 0 fully saturated rings. The zero-order valence-corrected chi connectivity index (χ0v) is 25.6. The fraction of sp³-hybridized carbons (Fsp3) is 0.389. The van der Waals surface area contributed by atoms with Crippen LogP contribution in [0.15, 0.2) is 85.1 Å². The molecule has 0 spiro atoms. The van der Waals surface area contributed by atoms with Gasteiger partial charge in [-0.1, -0.05) is 79.8 Å². The van der Waals surface area contributed by atoms with Crippen molar-refractivity contribution in [3.05, 3.63) is 96.2 Å². The first kappa shape index (κ1) is 33.7. The summed E-state index contributed by atoms with van der Waals surface area (Å²) in [4.78, 5) is 25.9. The summed E-state index contributed by atoms with van der Waals surface area (Å²) >= 11 is 0. The molecule has 0 bridgehead atoms. The lowest BCUT2D eigenvalue weighted by atomic mass is 9.79. The molecular weight excluding hydrogens is 574 g/mol. The number of nitrogens with one attached hydrogen (secondary N) is 1. The standard InChI is InChI=1S/C36H43NO8/c1-2-3-4-5-6-7-8-9-10-11-12-13-14-15-16-17-18-19-20-21-29(39)45-35-30-25(23-28-34(35)44-24-43-28)26-22-27(38)32(40)33(41)31(26)37-36(30)42/h3-4,6-7,9-10,12-13,15-16,18-19,22-23,27,31-33,38,40-41H,2,5,8,11,14,17,20-21,24H2,1H3,(H,37,42)/b4-3-,7-6-,10-9-,13-12-,16-15-,19-18-/t27-,31+,32?,33?/m0/s1. The molecule has 1 aromatic rings. The molecule has 3 aliphatic rings. The van der Waals surface area contributed by atoms with E-state index in [1.54, 1.807) is 6.07 Å². The number of amides is 1. The van der Waals surface area contributed by atoms with Gasteiger partial charge in [-0.2, -0.15) is 0 Å². The molecule has 4 rings (SSSR count). The van der Waals surface area contributed by atoms with Crippen molar-refractivity contribution < 1.29 is 39.1 Å². The second kappa shape index (κ2) is 17.3. The summed E-state index contributed by atoms with van der Waals surface area (Å²) < 4.78 is 16.7. The number of rotatable bonds is 15. The van der Waals surface area contributed by atoms with Crippen LogP contribution in [0.5, 0.6) is 17.2 Å². The second-order valence-electron chi connectivity index (χ2n) is 10.8. The number of hydrogen-bond donors (Lipinski definition) is 4. The van der Waals surface area contributed by atoms with Crippen LogP contribution >= 0.6 is 0 Å². The van der Waals surface area contributed by atoms with Gasteiger partial charge in [0.15, 0.2) is 11.5 Å². The molecule has 9 heteroatoms. The quantitative estimate of drug-likeness (QED) is 0.117. The average Bonchev–Trinajstić information content (AvgIpc) is 3.50. The van der Waals surface area contributed by atoms with E-state index in [1.165, 1.54) is 6.08 Å². The van der Waals surface area contributed by atoms with Crippen LogP contribution in [0.3, 0.4) is 0 Å². The van der Waals surface area contributed by atoms with E-state index in [-0.39, 0.29) is 36.0 Å². The van der Waals surface area contributed by atoms with E-state index in [4.69, 9.17) is 14.2 Å². The van der Waals surface area contributed by atoms with E-state index in [9.17, 15) is 24.9 Å². The van der Waals surface area contributed by atoms with E-state index in [0.29, 0.717) is 17.6 Å². The van der Waals surface area contributed by atoms with Gasteiger partial charge in [-0.15, -0.1) is 0 Å². The van der Waals surface area contributed by atoms with Gasteiger partial charge in [-0.25, -0.2) is 0 Å². The number of aliphatic hydroxyl groups excluding tert-OH is 3. The van der Waals surface area contributed by atoms with Gasteiger partial charge in [-0.3, -0.25) is 9.59 Å². The Balaban J connectivity index is 1.22. The first-order valence-corrected chi connectivity index (χ1v) is 15.6.